The Balaban J connectivity index is 0.000000350. The van der Waals surface area contributed by atoms with Crippen molar-refractivity contribution in [2.24, 2.45) is 4.99 Å². The maximum absolute atomic E-state index is 9.55. The molecule has 0 radical (unpaired) electrons. The van der Waals surface area contributed by atoms with Crippen molar-refractivity contribution in [1.29, 1.82) is 0 Å². The van der Waals surface area contributed by atoms with Crippen LogP contribution < -0.4 is 4.90 Å². The number of hydrogen-bond acceptors (Lipinski definition) is 7. The van der Waals surface area contributed by atoms with Crippen LogP contribution in [0.25, 0.3) is 0 Å². The summed E-state index contributed by atoms with van der Waals surface area (Å²) in [5, 5.41) is 19.9. The Morgan fingerprint density at radius 3 is 2.44 bits per heavy atom. The summed E-state index contributed by atoms with van der Waals surface area (Å²) in [7, 11) is 4.22. The predicted molar refractivity (Wildman–Crippen MR) is 135 cm³/mol. The van der Waals surface area contributed by atoms with Gasteiger partial charge in [-0.2, -0.15) is 11.3 Å². The molecule has 1 aliphatic heterocycles. The first-order valence-corrected chi connectivity index (χ1v) is 11.5. The highest BCUT2D eigenvalue weighted by Gasteiger charge is 2.24. The molecule has 0 atom stereocenters. The average molecular weight is 479 g/mol. The SMILES string of the molecule is CN(C)CCCN1c2ccccc2C(c2ccsc2)=Nc2cccnc21.O=C(O)C=CC(=O)O. The molecule has 0 fully saturated rings. The van der Waals surface area contributed by atoms with Gasteiger partial charge in [0.15, 0.2) is 5.82 Å². The number of aliphatic imine (C=N–C) groups is 1. The van der Waals surface area contributed by atoms with Crippen LogP contribution in [0.4, 0.5) is 17.2 Å². The molecule has 0 spiro atoms. The van der Waals surface area contributed by atoms with E-state index in [0.717, 1.165) is 47.9 Å². The van der Waals surface area contributed by atoms with Gasteiger partial charge in [-0.05, 0) is 56.7 Å². The summed E-state index contributed by atoms with van der Waals surface area (Å²) in [6, 6.07) is 14.7. The Labute approximate surface area is 202 Å². The number of hydrogen-bond donors (Lipinski definition) is 2. The molecular formula is C25H26N4O4S. The number of anilines is 2. The summed E-state index contributed by atoms with van der Waals surface area (Å²) in [6.45, 7) is 1.95. The molecule has 1 aromatic carbocycles. The fourth-order valence-corrected chi connectivity index (χ4v) is 4.06. The number of pyridine rings is 1. The van der Waals surface area contributed by atoms with E-state index in [2.05, 4.69) is 76.0 Å². The summed E-state index contributed by atoms with van der Waals surface area (Å²) < 4.78 is 0. The second kappa shape index (κ2) is 11.9. The van der Waals surface area contributed by atoms with Gasteiger partial charge >= 0.3 is 11.9 Å². The monoisotopic (exact) mass is 478 g/mol. The molecule has 3 heterocycles. The van der Waals surface area contributed by atoms with E-state index in [1.54, 1.807) is 11.3 Å². The minimum absolute atomic E-state index is 0.558. The minimum Gasteiger partial charge on any atom is -0.478 e. The van der Waals surface area contributed by atoms with Gasteiger partial charge in [-0.25, -0.2) is 19.6 Å². The molecule has 2 N–H and O–H groups in total. The van der Waals surface area contributed by atoms with Gasteiger partial charge < -0.3 is 20.0 Å². The molecule has 0 amide bonds. The molecular weight excluding hydrogens is 452 g/mol. The third-order valence-corrected chi connectivity index (χ3v) is 5.54. The highest BCUT2D eigenvalue weighted by atomic mass is 32.1. The Hall–Kier alpha value is -3.82. The van der Waals surface area contributed by atoms with E-state index in [1.165, 1.54) is 5.69 Å². The molecule has 2 aromatic heterocycles. The number of carboxylic acid groups (broad SMARTS) is 2. The van der Waals surface area contributed by atoms with Crippen LogP contribution in [0.2, 0.25) is 0 Å². The molecule has 0 saturated heterocycles. The highest BCUT2D eigenvalue weighted by Crippen LogP contribution is 2.39. The predicted octanol–water partition coefficient (Wildman–Crippen LogP) is 4.43. The lowest BCUT2D eigenvalue weighted by atomic mass is 10.0. The van der Waals surface area contributed by atoms with Gasteiger partial charge in [-0.3, -0.25) is 0 Å². The van der Waals surface area contributed by atoms with Crippen LogP contribution in [0.5, 0.6) is 0 Å². The molecule has 0 aliphatic carbocycles. The minimum atomic E-state index is -1.26. The van der Waals surface area contributed by atoms with E-state index in [-0.39, 0.29) is 0 Å². The van der Waals surface area contributed by atoms with E-state index >= 15 is 0 Å². The van der Waals surface area contributed by atoms with Crippen molar-refractivity contribution in [3.05, 3.63) is 82.7 Å². The Morgan fingerprint density at radius 1 is 1.06 bits per heavy atom. The van der Waals surface area contributed by atoms with Crippen molar-refractivity contribution in [3.8, 4) is 0 Å². The smallest absolute Gasteiger partial charge is 0.328 e. The maximum Gasteiger partial charge on any atom is 0.328 e. The summed E-state index contributed by atoms with van der Waals surface area (Å²) in [6.07, 6.45) is 4.03. The largest absolute Gasteiger partial charge is 0.478 e. The number of rotatable bonds is 7. The maximum atomic E-state index is 9.55. The van der Waals surface area contributed by atoms with Crippen molar-refractivity contribution in [2.45, 2.75) is 6.42 Å². The number of fused-ring (bicyclic) bond motifs is 2. The molecule has 0 saturated carbocycles. The van der Waals surface area contributed by atoms with Crippen molar-refractivity contribution in [2.75, 3.05) is 32.1 Å². The van der Waals surface area contributed by atoms with Crippen LogP contribution in [0.3, 0.4) is 0 Å². The highest BCUT2D eigenvalue weighted by molar-refractivity contribution is 7.08. The third kappa shape index (κ3) is 6.60. The molecule has 1 aliphatic rings. The number of aliphatic carboxylic acids is 2. The van der Waals surface area contributed by atoms with Gasteiger partial charge in [0.1, 0.15) is 5.69 Å². The van der Waals surface area contributed by atoms with E-state index in [9.17, 15) is 9.59 Å². The fourth-order valence-electron chi connectivity index (χ4n) is 3.42. The van der Waals surface area contributed by atoms with Gasteiger partial charge in [0.25, 0.3) is 0 Å². The molecule has 8 nitrogen and oxygen atoms in total. The second-order valence-electron chi connectivity index (χ2n) is 7.65. The number of carbonyl (C=O) groups is 2. The van der Waals surface area contributed by atoms with E-state index < -0.39 is 11.9 Å². The summed E-state index contributed by atoms with van der Waals surface area (Å²) >= 11 is 1.70. The molecule has 4 rings (SSSR count). The van der Waals surface area contributed by atoms with E-state index in [4.69, 9.17) is 15.2 Å². The van der Waals surface area contributed by atoms with Gasteiger partial charge in [-0.15, -0.1) is 0 Å². The zero-order valence-electron chi connectivity index (χ0n) is 19.0. The van der Waals surface area contributed by atoms with Crippen LogP contribution in [-0.4, -0.2) is 64.9 Å². The first kappa shape index (κ1) is 24.8. The zero-order chi connectivity index (χ0) is 24.5. The quantitative estimate of drug-likeness (QED) is 0.484. The topological polar surface area (TPSA) is 106 Å². The number of carboxylic acids is 2. The Bertz CT molecular complexity index is 1170. The summed E-state index contributed by atoms with van der Waals surface area (Å²) in [5.41, 5.74) is 5.44. The Kier molecular flexibility index (Phi) is 8.66. The van der Waals surface area contributed by atoms with E-state index in [0.29, 0.717) is 12.2 Å². The van der Waals surface area contributed by atoms with Gasteiger partial charge in [-0.1, -0.05) is 18.2 Å². The van der Waals surface area contributed by atoms with Crippen molar-refractivity contribution < 1.29 is 19.8 Å². The second-order valence-corrected chi connectivity index (χ2v) is 8.43. The van der Waals surface area contributed by atoms with Crippen molar-refractivity contribution in [3.63, 3.8) is 0 Å². The molecule has 3 aromatic rings. The van der Waals surface area contributed by atoms with E-state index in [1.807, 2.05) is 12.3 Å². The fraction of sp³-hybridized carbons (Fsp3) is 0.200. The lowest BCUT2D eigenvalue weighted by molar-refractivity contribution is -0.134. The number of thiophene rings is 1. The number of aromatic nitrogens is 1. The number of benzene rings is 1. The van der Waals surface area contributed by atoms with Gasteiger partial charge in [0.2, 0.25) is 0 Å². The summed E-state index contributed by atoms with van der Waals surface area (Å²) in [4.78, 5) is 33.3. The molecule has 0 bridgehead atoms. The summed E-state index contributed by atoms with van der Waals surface area (Å²) in [5.74, 6) is -1.58. The van der Waals surface area contributed by atoms with Crippen LogP contribution >= 0.6 is 11.3 Å². The van der Waals surface area contributed by atoms with Gasteiger partial charge in [0, 0.05) is 41.4 Å². The average Bonchev–Trinajstić information content (AvgIpc) is 3.30. The standard InChI is InChI=1S/C21H22N4S.C4H4O4/c1-24(2)12-6-13-25-19-9-4-3-7-17(19)20(16-10-14-26-15-16)23-18-8-5-11-22-21(18)25;5-3(6)1-2-4(7)8/h3-5,7-11,14-15H,6,12-13H2,1-2H3;1-2H,(H,5,6)(H,7,8). The molecule has 34 heavy (non-hydrogen) atoms. The van der Waals surface area contributed by atoms with Crippen LogP contribution in [0.1, 0.15) is 17.5 Å². The van der Waals surface area contributed by atoms with Crippen molar-refractivity contribution in [1.82, 2.24) is 9.88 Å². The number of nitrogens with zero attached hydrogens (tertiary/aromatic N) is 4. The first-order chi connectivity index (χ1) is 16.4. The zero-order valence-corrected chi connectivity index (χ0v) is 19.8. The molecule has 9 heteroatoms. The van der Waals surface area contributed by atoms with Crippen LogP contribution in [-0.2, 0) is 9.59 Å². The van der Waals surface area contributed by atoms with Crippen molar-refractivity contribution >= 4 is 46.2 Å². The number of para-hydroxylation sites is 1. The third-order valence-electron chi connectivity index (χ3n) is 4.85. The van der Waals surface area contributed by atoms with Gasteiger partial charge in [0.05, 0.1) is 11.4 Å². The normalized spacial score (nSPS) is 12.3. The first-order valence-electron chi connectivity index (χ1n) is 10.6. The van der Waals surface area contributed by atoms with Crippen LogP contribution in [0.15, 0.2) is 76.6 Å². The lowest BCUT2D eigenvalue weighted by Crippen LogP contribution is -2.24. The lowest BCUT2D eigenvalue weighted by Gasteiger charge is -2.26. The Morgan fingerprint density at radius 2 is 1.79 bits per heavy atom. The van der Waals surface area contributed by atoms with Crippen LogP contribution in [0, 0.1) is 0 Å². The molecule has 176 valence electrons. The molecule has 0 unspecified atom stereocenters.